The van der Waals surface area contributed by atoms with Crippen molar-refractivity contribution >= 4 is 23.4 Å². The van der Waals surface area contributed by atoms with Gasteiger partial charge in [-0.3, -0.25) is 14.4 Å². The third-order valence-electron chi connectivity index (χ3n) is 5.15. The maximum atomic E-state index is 12.9. The van der Waals surface area contributed by atoms with E-state index in [1.54, 1.807) is 55.2 Å². The zero-order chi connectivity index (χ0) is 22.1. The molecule has 3 N–H and O–H groups in total. The highest BCUT2D eigenvalue weighted by atomic mass is 16.2. The molecule has 0 saturated carbocycles. The molecule has 1 saturated heterocycles. The van der Waals surface area contributed by atoms with E-state index >= 15 is 0 Å². The summed E-state index contributed by atoms with van der Waals surface area (Å²) < 4.78 is 0. The highest BCUT2D eigenvalue weighted by Gasteiger charge is 2.21. The van der Waals surface area contributed by atoms with Gasteiger partial charge in [0.2, 0.25) is 5.91 Å². The second-order valence-corrected chi connectivity index (χ2v) is 7.17. The molecular weight excluding hydrogens is 380 g/mol. The van der Waals surface area contributed by atoms with Gasteiger partial charge in [-0.2, -0.15) is 0 Å². The zero-order valence-corrected chi connectivity index (χ0v) is 18.2. The lowest BCUT2D eigenvalue weighted by Crippen LogP contribution is -2.44. The molecule has 1 aliphatic rings. The largest absolute Gasteiger partial charge is 0.349 e. The van der Waals surface area contributed by atoms with E-state index in [1.165, 1.54) is 6.92 Å². The lowest BCUT2D eigenvalue weighted by Gasteiger charge is -2.24. The van der Waals surface area contributed by atoms with Crippen molar-refractivity contribution < 1.29 is 14.4 Å². The number of anilines is 1. The van der Waals surface area contributed by atoms with Gasteiger partial charge in [0.05, 0.1) is 5.57 Å². The molecule has 1 aliphatic heterocycles. The van der Waals surface area contributed by atoms with E-state index in [4.69, 9.17) is 0 Å². The van der Waals surface area contributed by atoms with Crippen molar-refractivity contribution in [1.82, 2.24) is 16.0 Å². The molecule has 3 amide bonds. The first-order valence-corrected chi connectivity index (χ1v) is 10.4. The molecule has 0 aromatic heterocycles. The standard InChI is InChI=1S/C23H32N4O3/c1-5-20(23(30)25-18-11-13-24-14-12-18)21(6-2)26-22(29)17-9-8-10-19(15-17)27(7-3)16(4)28/h5-6,8-10,15,18,24H,7,11-14H2,1-4H3,(H,25,30)(H,26,29)/b20-5+,21-6+. The number of piperidine rings is 1. The molecule has 2 rings (SSSR count). The number of benzene rings is 1. The van der Waals surface area contributed by atoms with Gasteiger partial charge >= 0.3 is 0 Å². The Hall–Kier alpha value is -2.93. The molecule has 1 heterocycles. The van der Waals surface area contributed by atoms with Crippen LogP contribution in [0.1, 0.15) is 50.9 Å². The van der Waals surface area contributed by atoms with E-state index in [-0.39, 0.29) is 23.8 Å². The minimum Gasteiger partial charge on any atom is -0.349 e. The summed E-state index contributed by atoms with van der Waals surface area (Å²) in [6.07, 6.45) is 5.19. The third-order valence-corrected chi connectivity index (χ3v) is 5.15. The SMILES string of the molecule is C/C=C(NC(=O)c1cccc(N(CC)C(C)=O)c1)\C(=C/C)C(=O)NC1CCNCC1. The summed E-state index contributed by atoms with van der Waals surface area (Å²) in [6.45, 7) is 9.21. The molecule has 0 bridgehead atoms. The first kappa shape index (κ1) is 23.3. The van der Waals surface area contributed by atoms with E-state index in [0.717, 1.165) is 25.9 Å². The van der Waals surface area contributed by atoms with Crippen molar-refractivity contribution in [3.05, 3.63) is 53.3 Å². The molecule has 0 aliphatic carbocycles. The number of hydrogen-bond acceptors (Lipinski definition) is 4. The summed E-state index contributed by atoms with van der Waals surface area (Å²) >= 11 is 0. The van der Waals surface area contributed by atoms with Gasteiger partial charge in [0.25, 0.3) is 11.8 Å². The molecule has 7 nitrogen and oxygen atoms in total. The van der Waals surface area contributed by atoms with E-state index in [2.05, 4.69) is 16.0 Å². The average Bonchev–Trinajstić information content (AvgIpc) is 2.74. The maximum absolute atomic E-state index is 12.9. The molecule has 0 unspecified atom stereocenters. The summed E-state index contributed by atoms with van der Waals surface area (Å²) in [6, 6.07) is 7.03. The number of carbonyl (C=O) groups excluding carboxylic acids is 3. The van der Waals surface area contributed by atoms with Gasteiger partial charge in [-0.25, -0.2) is 0 Å². The molecular formula is C23H32N4O3. The molecule has 7 heteroatoms. The normalized spacial score (nSPS) is 15.5. The van der Waals surface area contributed by atoms with E-state index in [9.17, 15) is 14.4 Å². The predicted molar refractivity (Wildman–Crippen MR) is 119 cm³/mol. The second-order valence-electron chi connectivity index (χ2n) is 7.17. The van der Waals surface area contributed by atoms with Gasteiger partial charge in [-0.05, 0) is 64.9 Å². The van der Waals surface area contributed by atoms with Crippen LogP contribution in [0.25, 0.3) is 0 Å². The average molecular weight is 413 g/mol. The van der Waals surface area contributed by atoms with Gasteiger partial charge in [-0.15, -0.1) is 0 Å². The van der Waals surface area contributed by atoms with E-state index in [0.29, 0.717) is 29.1 Å². The van der Waals surface area contributed by atoms with Crippen molar-refractivity contribution in [2.45, 2.75) is 46.6 Å². The number of allylic oxidation sites excluding steroid dienone is 2. The third kappa shape index (κ3) is 6.03. The fourth-order valence-electron chi connectivity index (χ4n) is 3.53. The fourth-order valence-corrected chi connectivity index (χ4v) is 3.53. The van der Waals surface area contributed by atoms with Gasteiger partial charge in [0.1, 0.15) is 0 Å². The van der Waals surface area contributed by atoms with Crippen molar-refractivity contribution in [1.29, 1.82) is 0 Å². The van der Waals surface area contributed by atoms with Crippen LogP contribution in [-0.2, 0) is 9.59 Å². The topological polar surface area (TPSA) is 90.5 Å². The van der Waals surface area contributed by atoms with E-state index < -0.39 is 0 Å². The first-order valence-electron chi connectivity index (χ1n) is 10.4. The lowest BCUT2D eigenvalue weighted by atomic mass is 10.0. The molecule has 1 aromatic rings. The predicted octanol–water partition coefficient (Wildman–Crippen LogP) is 2.51. The van der Waals surface area contributed by atoms with Crippen LogP contribution in [0, 0.1) is 0 Å². The van der Waals surface area contributed by atoms with Gasteiger partial charge in [0, 0.05) is 36.5 Å². The second kappa shape index (κ2) is 11.3. The van der Waals surface area contributed by atoms with Crippen LogP contribution < -0.4 is 20.9 Å². The molecule has 0 radical (unpaired) electrons. The van der Waals surface area contributed by atoms with Crippen LogP contribution in [0.2, 0.25) is 0 Å². The van der Waals surface area contributed by atoms with Crippen molar-refractivity contribution in [2.24, 2.45) is 0 Å². The van der Waals surface area contributed by atoms with Crippen LogP contribution in [0.15, 0.2) is 47.7 Å². The van der Waals surface area contributed by atoms with Crippen LogP contribution in [0.5, 0.6) is 0 Å². The minimum atomic E-state index is -0.335. The number of amides is 3. The molecule has 162 valence electrons. The van der Waals surface area contributed by atoms with Gasteiger partial charge in [-0.1, -0.05) is 18.2 Å². The Morgan fingerprint density at radius 1 is 1.17 bits per heavy atom. The first-order chi connectivity index (χ1) is 14.4. The number of nitrogens with zero attached hydrogens (tertiary/aromatic N) is 1. The number of hydrogen-bond donors (Lipinski definition) is 3. The Labute approximate surface area is 178 Å². The fraction of sp³-hybridized carbons (Fsp3) is 0.435. The van der Waals surface area contributed by atoms with Crippen LogP contribution >= 0.6 is 0 Å². The Morgan fingerprint density at radius 2 is 1.87 bits per heavy atom. The molecule has 1 aromatic carbocycles. The van der Waals surface area contributed by atoms with Gasteiger partial charge in [0.15, 0.2) is 0 Å². The zero-order valence-electron chi connectivity index (χ0n) is 18.2. The van der Waals surface area contributed by atoms with Crippen molar-refractivity contribution in [2.75, 3.05) is 24.5 Å². The van der Waals surface area contributed by atoms with Crippen LogP contribution in [0.4, 0.5) is 5.69 Å². The van der Waals surface area contributed by atoms with Crippen LogP contribution in [0.3, 0.4) is 0 Å². The molecule has 0 atom stereocenters. The minimum absolute atomic E-state index is 0.0880. The van der Waals surface area contributed by atoms with E-state index in [1.807, 2.05) is 6.92 Å². The van der Waals surface area contributed by atoms with Crippen LogP contribution in [-0.4, -0.2) is 43.4 Å². The summed E-state index contributed by atoms with van der Waals surface area (Å²) in [7, 11) is 0. The number of rotatable bonds is 7. The molecule has 30 heavy (non-hydrogen) atoms. The Morgan fingerprint density at radius 3 is 2.43 bits per heavy atom. The van der Waals surface area contributed by atoms with Crippen molar-refractivity contribution in [3.63, 3.8) is 0 Å². The smallest absolute Gasteiger partial charge is 0.255 e. The lowest BCUT2D eigenvalue weighted by molar-refractivity contribution is -0.118. The number of carbonyl (C=O) groups is 3. The highest BCUT2D eigenvalue weighted by Crippen LogP contribution is 2.18. The summed E-state index contributed by atoms with van der Waals surface area (Å²) in [5.41, 5.74) is 1.97. The summed E-state index contributed by atoms with van der Waals surface area (Å²) in [5.74, 6) is -0.617. The monoisotopic (exact) mass is 412 g/mol. The maximum Gasteiger partial charge on any atom is 0.255 e. The highest BCUT2D eigenvalue weighted by molar-refractivity contribution is 6.02. The Balaban J connectivity index is 2.13. The number of nitrogens with one attached hydrogen (secondary N) is 3. The molecule has 1 fully saturated rings. The van der Waals surface area contributed by atoms with Gasteiger partial charge < -0.3 is 20.9 Å². The quantitative estimate of drug-likeness (QED) is 0.474. The molecule has 0 spiro atoms. The Bertz CT molecular complexity index is 839. The van der Waals surface area contributed by atoms with Crippen molar-refractivity contribution in [3.8, 4) is 0 Å². The summed E-state index contributed by atoms with van der Waals surface area (Å²) in [4.78, 5) is 39.0. The summed E-state index contributed by atoms with van der Waals surface area (Å²) in [5, 5.41) is 9.18. The Kier molecular flexibility index (Phi) is 8.80.